The van der Waals surface area contributed by atoms with Gasteiger partial charge in [0.05, 0.1) is 9.59 Å². The summed E-state index contributed by atoms with van der Waals surface area (Å²) in [6, 6.07) is 0. The van der Waals surface area contributed by atoms with Gasteiger partial charge in [-0.05, 0) is 12.8 Å². The van der Waals surface area contributed by atoms with Gasteiger partial charge >= 0.3 is 0 Å². The summed E-state index contributed by atoms with van der Waals surface area (Å²) in [4.78, 5) is 0. The van der Waals surface area contributed by atoms with Crippen LogP contribution in [0.5, 0.6) is 0 Å². The van der Waals surface area contributed by atoms with Gasteiger partial charge in [-0.2, -0.15) is 0 Å². The maximum Gasteiger partial charge on any atom is 0.0681 e. The van der Waals surface area contributed by atoms with E-state index in [2.05, 4.69) is 45.2 Å². The maximum absolute atomic E-state index is 5.76. The molecule has 0 aromatic heterocycles. The highest BCUT2D eigenvalue weighted by Gasteiger charge is 2.40. The molecule has 2 unspecified atom stereocenters. The minimum Gasteiger partial charge on any atom is -0.315 e. The van der Waals surface area contributed by atoms with Crippen LogP contribution in [-0.4, -0.2) is 13.5 Å². The minimum atomic E-state index is -0.162. The van der Waals surface area contributed by atoms with Crippen LogP contribution in [0.25, 0.3) is 0 Å². The quantitative estimate of drug-likeness (QED) is 0.414. The molecule has 0 spiro atoms. The second kappa shape index (κ2) is 4.06. The van der Waals surface area contributed by atoms with Crippen LogP contribution in [0.1, 0.15) is 25.7 Å². The molecule has 4 heteroatoms. The standard InChI is InChI=1S/C7H14I2N2/c8-5-3-1-2-4-7(5,9)6(10)11/h5-6H,1-4,10-11H2. The minimum absolute atomic E-state index is 0.149. The lowest BCUT2D eigenvalue weighted by Crippen LogP contribution is -2.55. The molecule has 66 valence electrons. The van der Waals surface area contributed by atoms with Gasteiger partial charge in [-0.15, -0.1) is 0 Å². The zero-order valence-electron chi connectivity index (χ0n) is 6.39. The van der Waals surface area contributed by atoms with E-state index in [0.29, 0.717) is 3.92 Å². The van der Waals surface area contributed by atoms with Crippen LogP contribution in [0.4, 0.5) is 0 Å². The Kier molecular flexibility index (Phi) is 3.86. The molecule has 0 bridgehead atoms. The summed E-state index contributed by atoms with van der Waals surface area (Å²) < 4.78 is 0.797. The highest BCUT2D eigenvalue weighted by molar-refractivity contribution is 14.1. The fraction of sp³-hybridized carbons (Fsp3) is 1.00. The van der Waals surface area contributed by atoms with E-state index in [1.54, 1.807) is 0 Å². The lowest BCUT2D eigenvalue weighted by Gasteiger charge is -2.39. The van der Waals surface area contributed by atoms with Crippen molar-refractivity contribution in [1.82, 2.24) is 0 Å². The molecule has 1 saturated carbocycles. The third kappa shape index (κ3) is 2.19. The Morgan fingerprint density at radius 1 is 1.36 bits per heavy atom. The van der Waals surface area contributed by atoms with E-state index in [0.717, 1.165) is 0 Å². The highest BCUT2D eigenvalue weighted by atomic mass is 127. The van der Waals surface area contributed by atoms with Crippen molar-refractivity contribution >= 4 is 45.2 Å². The predicted octanol–water partition coefficient (Wildman–Crippen LogP) is 1.78. The molecule has 1 fully saturated rings. The number of rotatable bonds is 1. The lowest BCUT2D eigenvalue weighted by atomic mass is 9.87. The van der Waals surface area contributed by atoms with Crippen LogP contribution >= 0.6 is 45.2 Å². The first-order valence-electron chi connectivity index (χ1n) is 3.91. The van der Waals surface area contributed by atoms with Crippen LogP contribution in [0, 0.1) is 0 Å². The molecule has 0 amide bonds. The van der Waals surface area contributed by atoms with E-state index in [1.807, 2.05) is 0 Å². The van der Waals surface area contributed by atoms with E-state index >= 15 is 0 Å². The molecule has 0 heterocycles. The molecular formula is C7H14I2N2. The number of hydrogen-bond donors (Lipinski definition) is 2. The van der Waals surface area contributed by atoms with Crippen molar-refractivity contribution in [2.45, 2.75) is 39.2 Å². The third-order valence-corrected chi connectivity index (χ3v) is 7.28. The average molecular weight is 380 g/mol. The monoisotopic (exact) mass is 380 g/mol. The van der Waals surface area contributed by atoms with Crippen molar-refractivity contribution in [2.24, 2.45) is 11.5 Å². The van der Waals surface area contributed by atoms with Gasteiger partial charge in [-0.25, -0.2) is 0 Å². The molecule has 4 N–H and O–H groups in total. The predicted molar refractivity (Wildman–Crippen MR) is 65.2 cm³/mol. The number of alkyl halides is 2. The molecule has 0 radical (unpaired) electrons. The maximum atomic E-state index is 5.76. The van der Waals surface area contributed by atoms with Crippen LogP contribution in [0.2, 0.25) is 0 Å². The van der Waals surface area contributed by atoms with Crippen LogP contribution in [-0.2, 0) is 0 Å². The third-order valence-electron chi connectivity index (χ3n) is 2.34. The van der Waals surface area contributed by atoms with Gasteiger partial charge in [0.2, 0.25) is 0 Å². The summed E-state index contributed by atoms with van der Waals surface area (Å²) in [7, 11) is 0. The van der Waals surface area contributed by atoms with Gasteiger partial charge in [-0.3, -0.25) is 0 Å². The van der Waals surface area contributed by atoms with E-state index < -0.39 is 0 Å². The van der Waals surface area contributed by atoms with Crippen molar-refractivity contribution in [3.8, 4) is 0 Å². The molecule has 1 aliphatic rings. The normalized spacial score (nSPS) is 39.5. The zero-order chi connectivity index (χ0) is 8.48. The average Bonchev–Trinajstić information content (AvgIpc) is 1.95. The second-order valence-electron chi connectivity index (χ2n) is 3.17. The van der Waals surface area contributed by atoms with E-state index in [9.17, 15) is 0 Å². The number of hydrogen-bond acceptors (Lipinski definition) is 2. The van der Waals surface area contributed by atoms with Gasteiger partial charge in [0.1, 0.15) is 0 Å². The van der Waals surface area contributed by atoms with Crippen LogP contribution in [0.3, 0.4) is 0 Å². The van der Waals surface area contributed by atoms with Crippen molar-refractivity contribution < 1.29 is 0 Å². The Hall–Kier alpha value is 1.38. The summed E-state index contributed by atoms with van der Waals surface area (Å²) in [6.45, 7) is 0. The first kappa shape index (κ1) is 10.5. The van der Waals surface area contributed by atoms with Gasteiger partial charge in [0.25, 0.3) is 0 Å². The summed E-state index contributed by atoms with van der Waals surface area (Å²) in [5.74, 6) is 0. The molecule has 0 aromatic rings. The van der Waals surface area contributed by atoms with Crippen LogP contribution < -0.4 is 11.5 Å². The Bertz CT molecular complexity index is 140. The molecule has 0 aliphatic heterocycles. The molecular weight excluding hydrogens is 366 g/mol. The fourth-order valence-electron chi connectivity index (χ4n) is 1.49. The summed E-state index contributed by atoms with van der Waals surface area (Å²) >= 11 is 4.93. The SMILES string of the molecule is NC(N)C1(I)CCCCC1I. The molecule has 1 aliphatic carbocycles. The van der Waals surface area contributed by atoms with Crippen LogP contribution in [0.15, 0.2) is 0 Å². The number of halogens is 2. The Morgan fingerprint density at radius 2 is 2.00 bits per heavy atom. The smallest absolute Gasteiger partial charge is 0.0681 e. The molecule has 2 atom stereocenters. The fourth-order valence-corrected chi connectivity index (χ4v) is 3.35. The molecule has 11 heavy (non-hydrogen) atoms. The first-order valence-corrected chi connectivity index (χ1v) is 6.24. The molecule has 1 rings (SSSR count). The molecule has 0 aromatic carbocycles. The Labute approximate surface area is 95.1 Å². The van der Waals surface area contributed by atoms with E-state index in [-0.39, 0.29) is 9.59 Å². The first-order chi connectivity index (χ1) is 5.07. The zero-order valence-corrected chi connectivity index (χ0v) is 10.7. The van der Waals surface area contributed by atoms with Crippen molar-refractivity contribution in [2.75, 3.05) is 0 Å². The Morgan fingerprint density at radius 3 is 2.36 bits per heavy atom. The van der Waals surface area contributed by atoms with E-state index in [1.165, 1.54) is 25.7 Å². The second-order valence-corrected chi connectivity index (χ2v) is 6.68. The largest absolute Gasteiger partial charge is 0.315 e. The number of nitrogens with two attached hydrogens (primary N) is 2. The van der Waals surface area contributed by atoms with Crippen molar-refractivity contribution in [3.05, 3.63) is 0 Å². The highest BCUT2D eigenvalue weighted by Crippen LogP contribution is 2.41. The van der Waals surface area contributed by atoms with Gasteiger partial charge in [0.15, 0.2) is 0 Å². The van der Waals surface area contributed by atoms with Gasteiger partial charge < -0.3 is 11.5 Å². The van der Waals surface area contributed by atoms with Gasteiger partial charge in [-0.1, -0.05) is 58.0 Å². The van der Waals surface area contributed by atoms with E-state index in [4.69, 9.17) is 11.5 Å². The van der Waals surface area contributed by atoms with Crippen molar-refractivity contribution in [1.29, 1.82) is 0 Å². The topological polar surface area (TPSA) is 52.0 Å². The Balaban J connectivity index is 2.64. The summed E-state index contributed by atoms with van der Waals surface area (Å²) in [5.41, 5.74) is 11.5. The molecule has 2 nitrogen and oxygen atoms in total. The van der Waals surface area contributed by atoms with Gasteiger partial charge in [0, 0.05) is 3.92 Å². The summed E-state index contributed by atoms with van der Waals surface area (Å²) in [5, 5.41) is 0. The van der Waals surface area contributed by atoms with Crippen molar-refractivity contribution in [3.63, 3.8) is 0 Å². The summed E-state index contributed by atoms with van der Waals surface area (Å²) in [6.07, 6.45) is 4.91. The molecule has 0 saturated heterocycles. The lowest BCUT2D eigenvalue weighted by molar-refractivity contribution is 0.386.